The van der Waals surface area contributed by atoms with Gasteiger partial charge < -0.3 is 10.6 Å². The van der Waals surface area contributed by atoms with E-state index in [1.807, 2.05) is 18.2 Å². The first-order chi connectivity index (χ1) is 12.1. The first kappa shape index (κ1) is 17.6. The molecular formula is C19H23N3O2S. The molecule has 1 unspecified atom stereocenters. The minimum Gasteiger partial charge on any atom is -0.349 e. The van der Waals surface area contributed by atoms with Crippen LogP contribution in [0.3, 0.4) is 0 Å². The van der Waals surface area contributed by atoms with Gasteiger partial charge in [0.25, 0.3) is 5.91 Å². The topological polar surface area (TPSA) is 61.4 Å². The van der Waals surface area contributed by atoms with Crippen LogP contribution >= 0.6 is 11.3 Å². The van der Waals surface area contributed by atoms with Gasteiger partial charge in [-0.2, -0.15) is 0 Å². The number of anilines is 1. The van der Waals surface area contributed by atoms with Crippen molar-refractivity contribution in [2.75, 3.05) is 25.0 Å². The predicted octanol–water partition coefficient (Wildman–Crippen LogP) is 3.27. The van der Waals surface area contributed by atoms with Crippen LogP contribution in [-0.2, 0) is 4.79 Å². The van der Waals surface area contributed by atoms with Crippen molar-refractivity contribution in [2.24, 2.45) is 0 Å². The lowest BCUT2D eigenvalue weighted by atomic mass is 10.1. The highest BCUT2D eigenvalue weighted by Gasteiger charge is 2.24. The Kier molecular flexibility index (Phi) is 5.83. The van der Waals surface area contributed by atoms with E-state index < -0.39 is 0 Å². The molecule has 1 aliphatic rings. The van der Waals surface area contributed by atoms with E-state index in [0.29, 0.717) is 16.4 Å². The second-order valence-electron chi connectivity index (χ2n) is 6.22. The van der Waals surface area contributed by atoms with Crippen LogP contribution in [0.4, 0.5) is 5.00 Å². The van der Waals surface area contributed by atoms with Gasteiger partial charge in [0.1, 0.15) is 0 Å². The molecule has 132 valence electrons. The summed E-state index contributed by atoms with van der Waals surface area (Å²) in [5.74, 6) is -0.228. The van der Waals surface area contributed by atoms with Gasteiger partial charge in [0.2, 0.25) is 5.91 Å². The summed E-state index contributed by atoms with van der Waals surface area (Å²) in [5.41, 5.74) is 1.23. The number of nitrogens with zero attached hydrogens (tertiary/aromatic N) is 1. The van der Waals surface area contributed by atoms with Gasteiger partial charge in [-0.15, -0.1) is 11.3 Å². The van der Waals surface area contributed by atoms with Gasteiger partial charge in [-0.05, 0) is 43.6 Å². The number of rotatable bonds is 6. The Morgan fingerprint density at radius 3 is 2.52 bits per heavy atom. The number of likely N-dealkylation sites (tertiary alicyclic amines) is 1. The maximum Gasteiger partial charge on any atom is 0.261 e. The summed E-state index contributed by atoms with van der Waals surface area (Å²) >= 11 is 1.29. The molecule has 0 radical (unpaired) electrons. The number of hydrogen-bond acceptors (Lipinski definition) is 4. The largest absolute Gasteiger partial charge is 0.349 e. The molecule has 1 saturated heterocycles. The van der Waals surface area contributed by atoms with E-state index in [1.54, 1.807) is 12.1 Å². The average molecular weight is 357 g/mol. The van der Waals surface area contributed by atoms with Crippen molar-refractivity contribution in [3.05, 3.63) is 52.9 Å². The van der Waals surface area contributed by atoms with Gasteiger partial charge in [0.05, 0.1) is 15.9 Å². The molecule has 1 aromatic heterocycles. The van der Waals surface area contributed by atoms with E-state index in [-0.39, 0.29) is 17.9 Å². The van der Waals surface area contributed by atoms with Crippen molar-refractivity contribution in [1.29, 1.82) is 0 Å². The molecule has 2 amide bonds. The molecule has 0 bridgehead atoms. The van der Waals surface area contributed by atoms with Gasteiger partial charge in [0.15, 0.2) is 0 Å². The Morgan fingerprint density at radius 2 is 1.84 bits per heavy atom. The molecule has 2 N–H and O–H groups in total. The van der Waals surface area contributed by atoms with Gasteiger partial charge >= 0.3 is 0 Å². The summed E-state index contributed by atoms with van der Waals surface area (Å²) in [6.45, 7) is 4.18. The van der Waals surface area contributed by atoms with Crippen molar-refractivity contribution in [1.82, 2.24) is 10.2 Å². The van der Waals surface area contributed by atoms with Crippen molar-refractivity contribution in [3.8, 4) is 0 Å². The Balaban J connectivity index is 1.65. The second-order valence-corrected chi connectivity index (χ2v) is 7.31. The van der Waals surface area contributed by atoms with Gasteiger partial charge in [0, 0.05) is 13.5 Å². The summed E-state index contributed by atoms with van der Waals surface area (Å²) in [4.78, 5) is 26.6. The van der Waals surface area contributed by atoms with E-state index in [9.17, 15) is 9.59 Å². The van der Waals surface area contributed by atoms with E-state index in [4.69, 9.17) is 0 Å². The number of nitrogens with one attached hydrogen (secondary N) is 2. The highest BCUT2D eigenvalue weighted by molar-refractivity contribution is 7.18. The fourth-order valence-corrected chi connectivity index (χ4v) is 4.03. The number of benzene rings is 1. The maximum atomic E-state index is 12.5. The molecule has 1 atom stereocenters. The van der Waals surface area contributed by atoms with Crippen LogP contribution in [0.1, 0.15) is 41.0 Å². The normalized spacial score (nSPS) is 15.7. The third kappa shape index (κ3) is 4.67. The molecule has 1 aliphatic heterocycles. The van der Waals surface area contributed by atoms with Crippen LogP contribution in [0.5, 0.6) is 0 Å². The lowest BCUT2D eigenvalue weighted by Gasteiger charge is -2.28. The fourth-order valence-electron chi connectivity index (χ4n) is 3.16. The molecule has 2 heterocycles. The van der Waals surface area contributed by atoms with E-state index in [2.05, 4.69) is 27.7 Å². The second kappa shape index (κ2) is 8.27. The van der Waals surface area contributed by atoms with E-state index in [0.717, 1.165) is 13.1 Å². The van der Waals surface area contributed by atoms with Gasteiger partial charge in [-0.1, -0.05) is 30.3 Å². The number of carbonyl (C=O) groups excluding carboxylic acids is 2. The lowest BCUT2D eigenvalue weighted by molar-refractivity contribution is -0.114. The van der Waals surface area contributed by atoms with Crippen molar-refractivity contribution in [3.63, 3.8) is 0 Å². The standard InChI is InChI=1S/C19H23N3O2S/c1-14(23)21-18-10-9-17(25-18)19(24)20-13-16(22-11-5-6-12-22)15-7-3-2-4-8-15/h2-4,7-10,16H,5-6,11-13H2,1H3,(H,20,24)(H,21,23). The van der Waals surface area contributed by atoms with Crippen molar-refractivity contribution in [2.45, 2.75) is 25.8 Å². The summed E-state index contributed by atoms with van der Waals surface area (Å²) in [5, 5.41) is 6.46. The molecule has 6 heteroatoms. The average Bonchev–Trinajstić information content (AvgIpc) is 3.27. The molecular weight excluding hydrogens is 334 g/mol. The van der Waals surface area contributed by atoms with Crippen LogP contribution < -0.4 is 10.6 Å². The van der Waals surface area contributed by atoms with Crippen LogP contribution in [0, 0.1) is 0 Å². The number of thiophene rings is 1. The third-order valence-corrected chi connectivity index (χ3v) is 5.35. The molecule has 25 heavy (non-hydrogen) atoms. The third-order valence-electron chi connectivity index (χ3n) is 4.35. The molecule has 1 fully saturated rings. The molecule has 3 rings (SSSR count). The predicted molar refractivity (Wildman–Crippen MR) is 101 cm³/mol. The quantitative estimate of drug-likeness (QED) is 0.834. The first-order valence-corrected chi connectivity index (χ1v) is 9.40. The zero-order valence-corrected chi connectivity index (χ0v) is 15.1. The van der Waals surface area contributed by atoms with Crippen molar-refractivity contribution >= 4 is 28.2 Å². The van der Waals surface area contributed by atoms with E-state index in [1.165, 1.54) is 36.7 Å². The summed E-state index contributed by atoms with van der Waals surface area (Å²) < 4.78 is 0. The monoisotopic (exact) mass is 357 g/mol. The zero-order chi connectivity index (χ0) is 17.6. The number of hydrogen-bond donors (Lipinski definition) is 2. The minimum absolute atomic E-state index is 0.0956. The van der Waals surface area contributed by atoms with Crippen LogP contribution in [0.2, 0.25) is 0 Å². The molecule has 5 nitrogen and oxygen atoms in total. The Bertz CT molecular complexity index is 723. The smallest absolute Gasteiger partial charge is 0.261 e. The van der Waals surface area contributed by atoms with E-state index >= 15 is 0 Å². The van der Waals surface area contributed by atoms with Crippen LogP contribution in [-0.4, -0.2) is 36.3 Å². The molecule has 0 aliphatic carbocycles. The Labute approximate surface area is 152 Å². The lowest BCUT2D eigenvalue weighted by Crippen LogP contribution is -2.36. The molecule has 0 saturated carbocycles. The molecule has 1 aromatic carbocycles. The highest BCUT2D eigenvalue weighted by atomic mass is 32.1. The summed E-state index contributed by atoms with van der Waals surface area (Å²) in [7, 11) is 0. The van der Waals surface area contributed by atoms with Crippen LogP contribution in [0.25, 0.3) is 0 Å². The SMILES string of the molecule is CC(=O)Nc1ccc(C(=O)NCC(c2ccccc2)N2CCCC2)s1. The number of carbonyl (C=O) groups is 2. The summed E-state index contributed by atoms with van der Waals surface area (Å²) in [6.07, 6.45) is 2.42. The fraction of sp³-hybridized carbons (Fsp3) is 0.368. The van der Waals surface area contributed by atoms with Gasteiger partial charge in [-0.25, -0.2) is 0 Å². The van der Waals surface area contributed by atoms with Gasteiger partial charge in [-0.3, -0.25) is 14.5 Å². The Hall–Kier alpha value is -2.18. The van der Waals surface area contributed by atoms with Crippen LogP contribution in [0.15, 0.2) is 42.5 Å². The minimum atomic E-state index is -0.132. The number of amides is 2. The van der Waals surface area contributed by atoms with Crippen molar-refractivity contribution < 1.29 is 9.59 Å². The first-order valence-electron chi connectivity index (χ1n) is 8.58. The Morgan fingerprint density at radius 1 is 1.12 bits per heavy atom. The highest BCUT2D eigenvalue weighted by Crippen LogP contribution is 2.25. The molecule has 0 spiro atoms. The zero-order valence-electron chi connectivity index (χ0n) is 14.3. The molecule has 2 aromatic rings. The summed E-state index contributed by atoms with van der Waals surface area (Å²) in [6, 6.07) is 14.0. The maximum absolute atomic E-state index is 12.5.